The standard InChI is InChI=1S/C18H19NO3/c1-2-11-22-16-9-3-13(4-10-16)12-17(18(20)21)14-5-7-15(19)8-6-14/h3-10,12H,2,11,19H2,1H3,(H,20,21). The van der Waals surface area contributed by atoms with Crippen LogP contribution in [0.5, 0.6) is 5.75 Å². The highest BCUT2D eigenvalue weighted by Gasteiger charge is 2.10. The van der Waals surface area contributed by atoms with Crippen molar-refractivity contribution >= 4 is 23.3 Å². The van der Waals surface area contributed by atoms with Gasteiger partial charge in [0.05, 0.1) is 12.2 Å². The number of carbonyl (C=O) groups is 1. The van der Waals surface area contributed by atoms with Crippen LogP contribution in [-0.4, -0.2) is 17.7 Å². The highest BCUT2D eigenvalue weighted by atomic mass is 16.5. The Balaban J connectivity index is 2.26. The molecule has 2 aromatic carbocycles. The molecule has 0 unspecified atom stereocenters. The number of nitrogens with two attached hydrogens (primary N) is 1. The van der Waals surface area contributed by atoms with Gasteiger partial charge >= 0.3 is 5.97 Å². The normalized spacial score (nSPS) is 11.2. The molecular weight excluding hydrogens is 278 g/mol. The van der Waals surface area contributed by atoms with Gasteiger partial charge in [-0.1, -0.05) is 31.2 Å². The first-order valence-corrected chi connectivity index (χ1v) is 7.14. The van der Waals surface area contributed by atoms with E-state index in [1.165, 1.54) is 0 Å². The van der Waals surface area contributed by atoms with Crippen LogP contribution in [0.15, 0.2) is 48.5 Å². The van der Waals surface area contributed by atoms with Crippen LogP contribution in [0.4, 0.5) is 5.69 Å². The second-order valence-electron chi connectivity index (χ2n) is 4.90. The molecule has 0 aromatic heterocycles. The van der Waals surface area contributed by atoms with Crippen molar-refractivity contribution < 1.29 is 14.6 Å². The van der Waals surface area contributed by atoms with Gasteiger partial charge in [-0.3, -0.25) is 0 Å². The first kappa shape index (κ1) is 15.6. The molecule has 4 nitrogen and oxygen atoms in total. The summed E-state index contributed by atoms with van der Waals surface area (Å²) < 4.78 is 5.51. The molecule has 0 fully saturated rings. The molecule has 114 valence electrons. The van der Waals surface area contributed by atoms with Crippen molar-refractivity contribution in [1.29, 1.82) is 0 Å². The van der Waals surface area contributed by atoms with E-state index in [0.717, 1.165) is 17.7 Å². The summed E-state index contributed by atoms with van der Waals surface area (Å²) in [7, 11) is 0. The molecule has 0 atom stereocenters. The van der Waals surface area contributed by atoms with Gasteiger partial charge in [-0.05, 0) is 47.9 Å². The lowest BCUT2D eigenvalue weighted by Gasteiger charge is -2.06. The lowest BCUT2D eigenvalue weighted by molar-refractivity contribution is -0.130. The summed E-state index contributed by atoms with van der Waals surface area (Å²) in [6.45, 7) is 2.71. The zero-order chi connectivity index (χ0) is 15.9. The van der Waals surface area contributed by atoms with Crippen molar-refractivity contribution in [3.8, 4) is 5.75 Å². The fraction of sp³-hybridized carbons (Fsp3) is 0.167. The van der Waals surface area contributed by atoms with Gasteiger partial charge in [0.2, 0.25) is 0 Å². The van der Waals surface area contributed by atoms with Crippen LogP contribution in [-0.2, 0) is 4.79 Å². The van der Waals surface area contributed by atoms with Gasteiger partial charge in [-0.2, -0.15) is 0 Å². The number of hydrogen-bond acceptors (Lipinski definition) is 3. The molecule has 0 saturated heterocycles. The SMILES string of the molecule is CCCOc1ccc(C=C(C(=O)O)c2ccc(N)cc2)cc1. The van der Waals surface area contributed by atoms with E-state index in [1.54, 1.807) is 30.3 Å². The molecule has 0 spiro atoms. The number of hydrogen-bond donors (Lipinski definition) is 2. The Morgan fingerprint density at radius 1 is 1.14 bits per heavy atom. The lowest BCUT2D eigenvalue weighted by atomic mass is 10.0. The molecular formula is C18H19NO3. The van der Waals surface area contributed by atoms with Crippen LogP contribution in [0.2, 0.25) is 0 Å². The van der Waals surface area contributed by atoms with Crippen molar-refractivity contribution in [2.75, 3.05) is 12.3 Å². The number of benzene rings is 2. The fourth-order valence-corrected chi connectivity index (χ4v) is 1.98. The topological polar surface area (TPSA) is 72.5 Å². The summed E-state index contributed by atoms with van der Waals surface area (Å²) in [5.74, 6) is -0.195. The number of carboxylic acid groups (broad SMARTS) is 1. The molecule has 0 aliphatic carbocycles. The van der Waals surface area contributed by atoms with E-state index in [2.05, 4.69) is 0 Å². The Morgan fingerprint density at radius 3 is 2.32 bits per heavy atom. The van der Waals surface area contributed by atoms with Crippen LogP contribution in [0.25, 0.3) is 11.6 Å². The predicted octanol–water partition coefficient (Wildman–Crippen LogP) is 3.68. The highest BCUT2D eigenvalue weighted by molar-refractivity contribution is 6.20. The van der Waals surface area contributed by atoms with Crippen molar-refractivity contribution in [1.82, 2.24) is 0 Å². The Hall–Kier alpha value is -2.75. The summed E-state index contributed by atoms with van der Waals surface area (Å²) in [5.41, 5.74) is 7.88. The molecule has 3 N–H and O–H groups in total. The smallest absolute Gasteiger partial charge is 0.336 e. The zero-order valence-electron chi connectivity index (χ0n) is 12.5. The average Bonchev–Trinajstić information content (AvgIpc) is 2.52. The number of aliphatic carboxylic acids is 1. The van der Waals surface area contributed by atoms with Crippen LogP contribution in [0, 0.1) is 0 Å². The van der Waals surface area contributed by atoms with Crippen LogP contribution < -0.4 is 10.5 Å². The molecule has 0 heterocycles. The number of carboxylic acids is 1. The van der Waals surface area contributed by atoms with Gasteiger partial charge in [0, 0.05) is 5.69 Å². The van der Waals surface area contributed by atoms with E-state index >= 15 is 0 Å². The molecule has 0 radical (unpaired) electrons. The number of anilines is 1. The van der Waals surface area contributed by atoms with Gasteiger partial charge in [0.25, 0.3) is 0 Å². The van der Waals surface area contributed by atoms with Gasteiger partial charge in [-0.25, -0.2) is 4.79 Å². The van der Waals surface area contributed by atoms with Crippen molar-refractivity contribution in [2.45, 2.75) is 13.3 Å². The second kappa shape index (κ2) is 7.31. The molecule has 2 aromatic rings. The molecule has 22 heavy (non-hydrogen) atoms. The summed E-state index contributed by atoms with van der Waals surface area (Å²) in [4.78, 5) is 11.5. The van der Waals surface area contributed by atoms with Crippen LogP contribution in [0.3, 0.4) is 0 Å². The third-order valence-electron chi connectivity index (χ3n) is 3.12. The minimum absolute atomic E-state index is 0.224. The van der Waals surface area contributed by atoms with Gasteiger partial charge in [0.1, 0.15) is 5.75 Å². The predicted molar refractivity (Wildman–Crippen MR) is 88.6 cm³/mol. The number of nitrogen functional groups attached to an aromatic ring is 1. The second-order valence-corrected chi connectivity index (χ2v) is 4.90. The molecule has 4 heteroatoms. The van der Waals surface area contributed by atoms with Crippen molar-refractivity contribution in [2.24, 2.45) is 0 Å². The van der Waals surface area contributed by atoms with Gasteiger partial charge in [0.15, 0.2) is 0 Å². The van der Waals surface area contributed by atoms with Crippen molar-refractivity contribution in [3.63, 3.8) is 0 Å². The number of ether oxygens (including phenoxy) is 1. The van der Waals surface area contributed by atoms with E-state index in [9.17, 15) is 9.90 Å². The zero-order valence-corrected chi connectivity index (χ0v) is 12.5. The molecule has 2 rings (SSSR count). The quantitative estimate of drug-likeness (QED) is 0.484. The number of rotatable bonds is 6. The van der Waals surface area contributed by atoms with Crippen LogP contribution >= 0.6 is 0 Å². The molecule has 0 aliphatic heterocycles. The average molecular weight is 297 g/mol. The summed E-state index contributed by atoms with van der Waals surface area (Å²) in [6, 6.07) is 14.1. The monoisotopic (exact) mass is 297 g/mol. The maximum atomic E-state index is 11.5. The maximum Gasteiger partial charge on any atom is 0.336 e. The van der Waals surface area contributed by atoms with E-state index in [0.29, 0.717) is 17.9 Å². The molecule has 0 aliphatic rings. The Labute approximate surface area is 129 Å². The fourth-order valence-electron chi connectivity index (χ4n) is 1.98. The largest absolute Gasteiger partial charge is 0.494 e. The van der Waals surface area contributed by atoms with Crippen LogP contribution in [0.1, 0.15) is 24.5 Å². The van der Waals surface area contributed by atoms with Crippen molar-refractivity contribution in [3.05, 3.63) is 59.7 Å². The summed E-state index contributed by atoms with van der Waals surface area (Å²) in [5, 5.41) is 9.40. The maximum absolute atomic E-state index is 11.5. The van der Waals surface area contributed by atoms with E-state index < -0.39 is 5.97 Å². The molecule has 0 bridgehead atoms. The lowest BCUT2D eigenvalue weighted by Crippen LogP contribution is -2.00. The van der Waals surface area contributed by atoms with E-state index in [-0.39, 0.29) is 5.57 Å². The minimum Gasteiger partial charge on any atom is -0.494 e. The first-order chi connectivity index (χ1) is 10.6. The highest BCUT2D eigenvalue weighted by Crippen LogP contribution is 2.21. The van der Waals surface area contributed by atoms with E-state index in [1.807, 2.05) is 31.2 Å². The minimum atomic E-state index is -0.976. The Bertz CT molecular complexity index is 658. The van der Waals surface area contributed by atoms with E-state index in [4.69, 9.17) is 10.5 Å². The Kier molecular flexibility index (Phi) is 5.20. The first-order valence-electron chi connectivity index (χ1n) is 7.14. The molecule has 0 amide bonds. The molecule has 0 saturated carbocycles. The third-order valence-corrected chi connectivity index (χ3v) is 3.12. The Morgan fingerprint density at radius 2 is 1.77 bits per heavy atom. The van der Waals surface area contributed by atoms with Gasteiger partial charge < -0.3 is 15.6 Å². The summed E-state index contributed by atoms with van der Waals surface area (Å²) in [6.07, 6.45) is 2.58. The summed E-state index contributed by atoms with van der Waals surface area (Å²) >= 11 is 0. The third kappa shape index (κ3) is 4.12. The van der Waals surface area contributed by atoms with Gasteiger partial charge in [-0.15, -0.1) is 0 Å².